The number of hydrogen-bond donors (Lipinski definition) is 3. The molecule has 14 heteroatoms. The fourth-order valence-corrected chi connectivity index (χ4v) is 9.88. The fraction of sp³-hybridized carbons (Fsp3) is 0.634. The molecule has 4 amide bonds. The van der Waals surface area contributed by atoms with Gasteiger partial charge in [0, 0.05) is 29.2 Å². The third-order valence-electron chi connectivity index (χ3n) is 12.5. The molecular formula is C41H53N5O8S. The van der Waals surface area contributed by atoms with Gasteiger partial charge in [0.25, 0.3) is 5.91 Å². The van der Waals surface area contributed by atoms with Gasteiger partial charge in [-0.05, 0) is 83.1 Å². The number of para-hydroxylation sites is 1. The maximum atomic E-state index is 14.8. The van der Waals surface area contributed by atoms with Gasteiger partial charge in [-0.2, -0.15) is 0 Å². The standard InChI is InChI=1S/C41H53N5O8S/c1-25(2)23-53-38(50)43-31-14-8-6-4-5-7-11-27-21-41(27,37(49)45-55(51,52)39(3)19-20-39)44-35(47)32-22-40(24-46(32)36(31)48)18-17-29-28-12-9-10-13-30(28)42-33(26-15-16-26)34(29)54-40/h7,9-13,25-27,31-32H,4-6,8,14-24H2,1-3H3,(H,43,50)(H,44,47)(H,45,49)/b11-7-/t27-,31+,32+,40-,41-/m1/s1. The Bertz CT molecular complexity index is 2040. The van der Waals surface area contributed by atoms with Crippen LogP contribution in [0.4, 0.5) is 4.79 Å². The summed E-state index contributed by atoms with van der Waals surface area (Å²) in [7, 11) is -3.98. The first kappa shape index (κ1) is 37.7. The molecule has 4 fully saturated rings. The molecule has 1 saturated heterocycles. The van der Waals surface area contributed by atoms with E-state index in [0.717, 1.165) is 53.6 Å². The lowest BCUT2D eigenvalue weighted by Gasteiger charge is -2.37. The highest BCUT2D eigenvalue weighted by Crippen LogP contribution is 2.52. The van der Waals surface area contributed by atoms with E-state index < -0.39 is 67.7 Å². The summed E-state index contributed by atoms with van der Waals surface area (Å²) in [5.41, 5.74) is 0.490. The summed E-state index contributed by atoms with van der Waals surface area (Å²) in [6, 6.07) is 6.03. The Morgan fingerprint density at radius 2 is 1.85 bits per heavy atom. The van der Waals surface area contributed by atoms with Gasteiger partial charge in [-0.15, -0.1) is 0 Å². The van der Waals surface area contributed by atoms with Crippen LogP contribution in [0.25, 0.3) is 10.9 Å². The van der Waals surface area contributed by atoms with Crippen LogP contribution in [-0.2, 0) is 35.6 Å². The molecule has 296 valence electrons. The molecule has 3 N–H and O–H groups in total. The summed E-state index contributed by atoms with van der Waals surface area (Å²) in [4.78, 5) is 63.0. The zero-order valence-corrected chi connectivity index (χ0v) is 32.8. The molecule has 13 nitrogen and oxygen atoms in total. The number of hydrogen-bond acceptors (Lipinski definition) is 9. The minimum atomic E-state index is -3.98. The van der Waals surface area contributed by atoms with Crippen LogP contribution in [0.2, 0.25) is 0 Å². The van der Waals surface area contributed by atoms with Crippen molar-refractivity contribution in [2.45, 2.75) is 138 Å². The Balaban J connectivity index is 1.14. The summed E-state index contributed by atoms with van der Waals surface area (Å²) >= 11 is 0. The quantitative estimate of drug-likeness (QED) is 0.330. The number of benzene rings is 1. The first-order valence-corrected chi connectivity index (χ1v) is 21.6. The summed E-state index contributed by atoms with van der Waals surface area (Å²) in [5.74, 6) is -1.04. The number of ether oxygens (including phenoxy) is 2. The van der Waals surface area contributed by atoms with Gasteiger partial charge in [0.05, 0.1) is 29.1 Å². The number of allylic oxidation sites excluding steroid dienone is 1. The van der Waals surface area contributed by atoms with Crippen LogP contribution in [0.5, 0.6) is 5.75 Å². The topological polar surface area (TPSA) is 173 Å². The van der Waals surface area contributed by atoms with Crippen molar-refractivity contribution in [3.8, 4) is 5.75 Å². The summed E-state index contributed by atoms with van der Waals surface area (Å²) in [6.07, 6.45) is 11.0. The average molecular weight is 776 g/mol. The Morgan fingerprint density at radius 1 is 1.07 bits per heavy atom. The molecule has 3 aliphatic heterocycles. The van der Waals surface area contributed by atoms with Gasteiger partial charge in [0.2, 0.25) is 21.8 Å². The zero-order valence-electron chi connectivity index (χ0n) is 32.0. The number of nitrogens with zero attached hydrogens (tertiary/aromatic N) is 2. The van der Waals surface area contributed by atoms with Crippen molar-refractivity contribution in [3.63, 3.8) is 0 Å². The number of alkyl carbamates (subject to hydrolysis) is 1. The van der Waals surface area contributed by atoms with Crippen molar-refractivity contribution < 1.29 is 37.1 Å². The SMILES string of the molecule is CC(C)COC(=O)N[C@H]1CCCCC/C=C\[C@@H]2C[C@@]2(C(=O)NS(=O)(=O)C2(C)CC2)NC(=O)[C@@H]2C[C@]3(CCc4c(c(C5CC5)nc5ccccc45)O3)CN2C1=O. The summed E-state index contributed by atoms with van der Waals surface area (Å²) < 4.78 is 40.2. The number of carbonyl (C=O) groups is 4. The van der Waals surface area contributed by atoms with Crippen molar-refractivity contribution >= 4 is 44.7 Å². The molecule has 6 aliphatic rings. The number of pyridine rings is 1. The van der Waals surface area contributed by atoms with Crippen LogP contribution in [0, 0.1) is 11.8 Å². The predicted octanol–water partition coefficient (Wildman–Crippen LogP) is 4.92. The van der Waals surface area contributed by atoms with Gasteiger partial charge >= 0.3 is 6.09 Å². The highest BCUT2D eigenvalue weighted by molar-refractivity contribution is 7.91. The molecule has 1 aromatic heterocycles. The van der Waals surface area contributed by atoms with Crippen molar-refractivity contribution in [2.75, 3.05) is 13.2 Å². The van der Waals surface area contributed by atoms with E-state index in [2.05, 4.69) is 21.4 Å². The molecule has 1 spiro atoms. The molecule has 55 heavy (non-hydrogen) atoms. The lowest BCUT2D eigenvalue weighted by molar-refractivity contribution is -0.141. The number of aryl methyl sites for hydroxylation is 1. The van der Waals surface area contributed by atoms with Crippen molar-refractivity contribution in [2.24, 2.45) is 11.8 Å². The smallest absolute Gasteiger partial charge is 0.407 e. The molecule has 1 aromatic carbocycles. The van der Waals surface area contributed by atoms with Crippen LogP contribution in [0.3, 0.4) is 0 Å². The van der Waals surface area contributed by atoms with Crippen LogP contribution in [0.1, 0.15) is 115 Å². The second-order valence-corrected chi connectivity index (χ2v) is 19.7. The van der Waals surface area contributed by atoms with E-state index in [1.165, 1.54) is 4.90 Å². The Morgan fingerprint density at radius 3 is 2.60 bits per heavy atom. The monoisotopic (exact) mass is 775 g/mol. The number of aromatic nitrogens is 1. The van der Waals surface area contributed by atoms with Crippen molar-refractivity contribution in [3.05, 3.63) is 47.7 Å². The molecule has 0 unspecified atom stereocenters. The number of sulfonamides is 1. The molecule has 3 saturated carbocycles. The Labute approximate surface area is 322 Å². The maximum absolute atomic E-state index is 14.8. The third-order valence-corrected chi connectivity index (χ3v) is 14.7. The van der Waals surface area contributed by atoms with Gasteiger partial charge in [0.1, 0.15) is 29.0 Å². The molecule has 0 bridgehead atoms. The van der Waals surface area contributed by atoms with Gasteiger partial charge in [-0.1, -0.05) is 57.0 Å². The third kappa shape index (κ3) is 7.31. The van der Waals surface area contributed by atoms with Crippen LogP contribution >= 0.6 is 0 Å². The van der Waals surface area contributed by atoms with E-state index in [4.69, 9.17) is 14.5 Å². The fourth-order valence-electron chi connectivity index (χ4n) is 8.57. The minimum absolute atomic E-state index is 0.0920. The van der Waals surface area contributed by atoms with E-state index in [1.807, 2.05) is 44.2 Å². The van der Waals surface area contributed by atoms with Crippen molar-refractivity contribution in [1.82, 2.24) is 25.2 Å². The highest BCUT2D eigenvalue weighted by Gasteiger charge is 2.64. The van der Waals surface area contributed by atoms with Crippen LogP contribution in [0.15, 0.2) is 36.4 Å². The zero-order chi connectivity index (χ0) is 38.8. The largest absolute Gasteiger partial charge is 0.483 e. The number of rotatable bonds is 7. The van der Waals surface area contributed by atoms with Gasteiger partial charge in [-0.25, -0.2) is 18.2 Å². The van der Waals surface area contributed by atoms with E-state index in [-0.39, 0.29) is 37.8 Å². The van der Waals surface area contributed by atoms with Gasteiger partial charge in [-0.3, -0.25) is 19.1 Å². The molecule has 4 heterocycles. The highest BCUT2D eigenvalue weighted by atomic mass is 32.2. The maximum Gasteiger partial charge on any atom is 0.407 e. The lowest BCUT2D eigenvalue weighted by atomic mass is 9.86. The molecule has 0 radical (unpaired) electrons. The molecular weight excluding hydrogens is 723 g/mol. The number of nitrogens with one attached hydrogen (secondary N) is 3. The van der Waals surface area contributed by atoms with Gasteiger partial charge < -0.3 is 25.0 Å². The second-order valence-electron chi connectivity index (χ2n) is 17.5. The Hall–Kier alpha value is -4.20. The van der Waals surface area contributed by atoms with Crippen LogP contribution in [-0.4, -0.2) is 83.2 Å². The first-order chi connectivity index (χ1) is 26.2. The molecule has 3 aliphatic carbocycles. The minimum Gasteiger partial charge on any atom is -0.483 e. The molecule has 5 atom stereocenters. The summed E-state index contributed by atoms with van der Waals surface area (Å²) in [6.45, 7) is 5.75. The summed E-state index contributed by atoms with van der Waals surface area (Å²) in [5, 5.41) is 6.81. The Kier molecular flexibility index (Phi) is 9.65. The first-order valence-electron chi connectivity index (χ1n) is 20.1. The average Bonchev–Trinajstić information content (AvgIpc) is 4.08. The molecule has 2 aromatic rings. The predicted molar refractivity (Wildman–Crippen MR) is 205 cm³/mol. The second kappa shape index (κ2) is 14.1. The normalized spacial score (nSPS) is 30.8. The van der Waals surface area contributed by atoms with E-state index >= 15 is 0 Å². The number of carbonyl (C=O) groups excluding carboxylic acids is 4. The van der Waals surface area contributed by atoms with Gasteiger partial charge in [0.15, 0.2) is 0 Å². The van der Waals surface area contributed by atoms with E-state index in [1.54, 1.807) is 6.92 Å². The number of fused-ring (bicyclic) bond motifs is 5. The molecule has 8 rings (SSSR count). The van der Waals surface area contributed by atoms with Crippen molar-refractivity contribution in [1.29, 1.82) is 0 Å². The van der Waals surface area contributed by atoms with E-state index in [9.17, 15) is 27.6 Å². The number of amides is 4. The lowest BCUT2D eigenvalue weighted by Crippen LogP contribution is -2.58. The van der Waals surface area contributed by atoms with Crippen LogP contribution < -0.4 is 20.1 Å². The van der Waals surface area contributed by atoms with E-state index in [0.29, 0.717) is 44.9 Å².